The Bertz CT molecular complexity index is 457. The molecule has 4 nitrogen and oxygen atoms in total. The first-order valence-electron chi connectivity index (χ1n) is 6.21. The van der Waals surface area contributed by atoms with Crippen molar-refractivity contribution in [2.24, 2.45) is 5.41 Å². The molecule has 18 heavy (non-hydrogen) atoms. The van der Waals surface area contributed by atoms with Crippen LogP contribution < -0.4 is 11.1 Å². The van der Waals surface area contributed by atoms with Crippen LogP contribution >= 0.6 is 0 Å². The Hall–Kier alpha value is -1.55. The van der Waals surface area contributed by atoms with E-state index in [1.807, 2.05) is 26.0 Å². The molecule has 1 aliphatic rings. The zero-order valence-corrected chi connectivity index (χ0v) is 10.8. The highest BCUT2D eigenvalue weighted by Crippen LogP contribution is 2.40. The van der Waals surface area contributed by atoms with Crippen molar-refractivity contribution < 1.29 is 9.90 Å². The van der Waals surface area contributed by atoms with Crippen LogP contribution in [0.3, 0.4) is 0 Å². The van der Waals surface area contributed by atoms with Gasteiger partial charge in [-0.05, 0) is 24.1 Å². The summed E-state index contributed by atoms with van der Waals surface area (Å²) >= 11 is 0. The molecule has 1 aromatic rings. The van der Waals surface area contributed by atoms with Crippen molar-refractivity contribution in [2.75, 3.05) is 5.73 Å². The number of aliphatic hydroxyl groups excluding tert-OH is 1. The van der Waals surface area contributed by atoms with E-state index in [-0.39, 0.29) is 23.5 Å². The van der Waals surface area contributed by atoms with Crippen molar-refractivity contribution in [3.05, 3.63) is 29.8 Å². The molecule has 0 bridgehead atoms. The summed E-state index contributed by atoms with van der Waals surface area (Å²) in [6.07, 6.45) is 0.638. The molecule has 1 amide bonds. The van der Waals surface area contributed by atoms with Crippen molar-refractivity contribution in [1.29, 1.82) is 0 Å². The van der Waals surface area contributed by atoms with Gasteiger partial charge in [-0.15, -0.1) is 0 Å². The standard InChI is InChI=1S/C14H20N2O2/c1-14(2)11(8-12(14)17)16-13(18)7-9-4-3-5-10(15)6-9/h3-6,11-12,17H,7-8,15H2,1-2H3,(H,16,18). The largest absolute Gasteiger partial charge is 0.399 e. The van der Waals surface area contributed by atoms with Gasteiger partial charge in [0, 0.05) is 17.1 Å². The molecule has 1 aliphatic carbocycles. The van der Waals surface area contributed by atoms with Gasteiger partial charge in [-0.1, -0.05) is 26.0 Å². The number of hydrogen-bond acceptors (Lipinski definition) is 3. The van der Waals surface area contributed by atoms with E-state index in [0.29, 0.717) is 18.5 Å². The summed E-state index contributed by atoms with van der Waals surface area (Å²) in [5.74, 6) is -0.0226. The van der Waals surface area contributed by atoms with E-state index in [1.165, 1.54) is 0 Å². The summed E-state index contributed by atoms with van der Waals surface area (Å²) < 4.78 is 0. The summed E-state index contributed by atoms with van der Waals surface area (Å²) in [7, 11) is 0. The molecule has 0 radical (unpaired) electrons. The monoisotopic (exact) mass is 248 g/mol. The Morgan fingerprint density at radius 2 is 2.28 bits per heavy atom. The number of rotatable bonds is 3. The fraction of sp³-hybridized carbons (Fsp3) is 0.500. The van der Waals surface area contributed by atoms with Gasteiger partial charge in [-0.3, -0.25) is 4.79 Å². The normalized spacial score (nSPS) is 25.3. The molecule has 4 heteroatoms. The molecule has 98 valence electrons. The minimum absolute atomic E-state index is 0.0226. The predicted octanol–water partition coefficient (Wildman–Crippen LogP) is 1.09. The summed E-state index contributed by atoms with van der Waals surface area (Å²) in [6, 6.07) is 7.39. The first-order valence-corrected chi connectivity index (χ1v) is 6.21. The maximum atomic E-state index is 11.9. The molecular formula is C14H20N2O2. The van der Waals surface area contributed by atoms with Gasteiger partial charge in [-0.25, -0.2) is 0 Å². The van der Waals surface area contributed by atoms with E-state index in [1.54, 1.807) is 12.1 Å². The second-order valence-corrected chi connectivity index (χ2v) is 5.61. The van der Waals surface area contributed by atoms with Crippen molar-refractivity contribution in [1.82, 2.24) is 5.32 Å². The number of aliphatic hydroxyl groups is 1. The van der Waals surface area contributed by atoms with Gasteiger partial charge in [0.2, 0.25) is 5.91 Å². The SMILES string of the molecule is CC1(C)C(O)CC1NC(=O)Cc1cccc(N)c1. The van der Waals surface area contributed by atoms with Crippen LogP contribution in [-0.4, -0.2) is 23.2 Å². The van der Waals surface area contributed by atoms with Crippen LogP contribution in [0.1, 0.15) is 25.8 Å². The second kappa shape index (κ2) is 4.61. The van der Waals surface area contributed by atoms with Crippen molar-refractivity contribution in [3.63, 3.8) is 0 Å². The van der Waals surface area contributed by atoms with Crippen molar-refractivity contribution >= 4 is 11.6 Å². The molecule has 1 aromatic carbocycles. The lowest BCUT2D eigenvalue weighted by Gasteiger charge is -2.49. The molecule has 1 saturated carbocycles. The fourth-order valence-electron chi connectivity index (χ4n) is 2.28. The lowest BCUT2D eigenvalue weighted by Crippen LogP contribution is -2.61. The molecule has 0 aromatic heterocycles. The van der Waals surface area contributed by atoms with Crippen molar-refractivity contribution in [3.8, 4) is 0 Å². The molecule has 1 fully saturated rings. The molecular weight excluding hydrogens is 228 g/mol. The van der Waals surface area contributed by atoms with Crippen LogP contribution in [0.5, 0.6) is 0 Å². The Labute approximate surface area is 107 Å². The Balaban J connectivity index is 1.90. The number of hydrogen-bond donors (Lipinski definition) is 3. The summed E-state index contributed by atoms with van der Waals surface area (Å²) in [5, 5.41) is 12.6. The second-order valence-electron chi connectivity index (χ2n) is 5.61. The third-order valence-corrected chi connectivity index (χ3v) is 3.87. The highest BCUT2D eigenvalue weighted by molar-refractivity contribution is 5.79. The average Bonchev–Trinajstić information content (AvgIpc) is 2.28. The Morgan fingerprint density at radius 3 is 2.83 bits per heavy atom. The van der Waals surface area contributed by atoms with Gasteiger partial charge in [0.15, 0.2) is 0 Å². The number of anilines is 1. The van der Waals surface area contributed by atoms with Gasteiger partial charge in [0.1, 0.15) is 0 Å². The van der Waals surface area contributed by atoms with Crippen LogP contribution in [0.2, 0.25) is 0 Å². The summed E-state index contributed by atoms with van der Waals surface area (Å²) in [5.41, 5.74) is 7.01. The molecule has 4 N–H and O–H groups in total. The minimum atomic E-state index is -0.324. The maximum absolute atomic E-state index is 11.9. The number of nitrogens with two attached hydrogens (primary N) is 1. The Morgan fingerprint density at radius 1 is 1.56 bits per heavy atom. The smallest absolute Gasteiger partial charge is 0.224 e. The summed E-state index contributed by atoms with van der Waals surface area (Å²) in [4.78, 5) is 11.9. The number of amides is 1. The highest BCUT2D eigenvalue weighted by atomic mass is 16.3. The highest BCUT2D eigenvalue weighted by Gasteiger charge is 2.47. The van der Waals surface area contributed by atoms with E-state index >= 15 is 0 Å². The first kappa shape index (κ1) is 12.9. The maximum Gasteiger partial charge on any atom is 0.224 e. The lowest BCUT2D eigenvalue weighted by atomic mass is 9.64. The number of carbonyl (C=O) groups is 1. The molecule has 0 spiro atoms. The van der Waals surface area contributed by atoms with Crippen LogP contribution in [0, 0.1) is 5.41 Å². The summed E-state index contributed by atoms with van der Waals surface area (Å²) in [6.45, 7) is 3.93. The van der Waals surface area contributed by atoms with E-state index in [4.69, 9.17) is 5.73 Å². The molecule has 0 aliphatic heterocycles. The van der Waals surface area contributed by atoms with Gasteiger partial charge < -0.3 is 16.2 Å². The molecule has 2 rings (SSSR count). The number of nitrogens with one attached hydrogen (secondary N) is 1. The Kier molecular flexibility index (Phi) is 3.30. The molecule has 0 saturated heterocycles. The van der Waals surface area contributed by atoms with Crippen LogP contribution in [0.15, 0.2) is 24.3 Å². The topological polar surface area (TPSA) is 75.3 Å². The predicted molar refractivity (Wildman–Crippen MR) is 70.9 cm³/mol. The van der Waals surface area contributed by atoms with Crippen LogP contribution in [0.4, 0.5) is 5.69 Å². The van der Waals surface area contributed by atoms with Gasteiger partial charge in [0.25, 0.3) is 0 Å². The van der Waals surface area contributed by atoms with Crippen LogP contribution in [0.25, 0.3) is 0 Å². The third kappa shape index (κ3) is 2.48. The quantitative estimate of drug-likeness (QED) is 0.701. The fourth-order valence-corrected chi connectivity index (χ4v) is 2.28. The lowest BCUT2D eigenvalue weighted by molar-refractivity contribution is -0.128. The van der Waals surface area contributed by atoms with E-state index < -0.39 is 0 Å². The molecule has 2 unspecified atom stereocenters. The van der Waals surface area contributed by atoms with Crippen molar-refractivity contribution in [2.45, 2.75) is 38.8 Å². The number of benzene rings is 1. The molecule has 2 atom stereocenters. The van der Waals surface area contributed by atoms with E-state index in [9.17, 15) is 9.90 Å². The van der Waals surface area contributed by atoms with Crippen LogP contribution in [-0.2, 0) is 11.2 Å². The van der Waals surface area contributed by atoms with E-state index in [2.05, 4.69) is 5.32 Å². The molecule has 0 heterocycles. The average molecular weight is 248 g/mol. The zero-order valence-electron chi connectivity index (χ0n) is 10.8. The van der Waals surface area contributed by atoms with Gasteiger partial charge in [-0.2, -0.15) is 0 Å². The zero-order chi connectivity index (χ0) is 13.3. The van der Waals surface area contributed by atoms with E-state index in [0.717, 1.165) is 5.56 Å². The third-order valence-electron chi connectivity index (χ3n) is 3.87. The minimum Gasteiger partial charge on any atom is -0.399 e. The number of carbonyl (C=O) groups excluding carboxylic acids is 1. The first-order chi connectivity index (χ1) is 8.39. The van der Waals surface area contributed by atoms with Gasteiger partial charge >= 0.3 is 0 Å². The number of nitrogen functional groups attached to an aromatic ring is 1. The van der Waals surface area contributed by atoms with Gasteiger partial charge in [0.05, 0.1) is 12.5 Å².